The molecule has 19 heavy (non-hydrogen) atoms. The van der Waals surface area contributed by atoms with Crippen molar-refractivity contribution in [1.82, 2.24) is 10.6 Å². The van der Waals surface area contributed by atoms with Crippen LogP contribution in [-0.4, -0.2) is 25.5 Å². The molecule has 0 radical (unpaired) electrons. The number of rotatable bonds is 6. The first-order chi connectivity index (χ1) is 9.28. The fourth-order valence-corrected chi connectivity index (χ4v) is 3.49. The van der Waals surface area contributed by atoms with Crippen molar-refractivity contribution in [1.29, 1.82) is 0 Å². The molecular weight excluding hydrogens is 236 g/mol. The molecule has 3 nitrogen and oxygen atoms in total. The molecule has 1 amide bonds. The lowest BCUT2D eigenvalue weighted by Gasteiger charge is -2.27. The SMILES string of the molecule is CCC1CCC(CNC(=O)CCC2CCNC2)CC1. The zero-order valence-electron chi connectivity index (χ0n) is 12.4. The molecule has 2 rings (SSSR count). The molecule has 1 atom stereocenters. The standard InChI is InChI=1S/C16H30N2O/c1-2-13-3-5-14(6-4-13)12-18-16(19)8-7-15-9-10-17-11-15/h13-15,17H,2-12H2,1H3,(H,18,19). The largest absolute Gasteiger partial charge is 0.356 e. The summed E-state index contributed by atoms with van der Waals surface area (Å²) in [6.45, 7) is 5.45. The smallest absolute Gasteiger partial charge is 0.220 e. The van der Waals surface area contributed by atoms with Gasteiger partial charge in [-0.05, 0) is 56.5 Å². The lowest BCUT2D eigenvalue weighted by Crippen LogP contribution is -2.31. The molecule has 2 N–H and O–H groups in total. The molecule has 0 aromatic rings. The highest BCUT2D eigenvalue weighted by atomic mass is 16.1. The summed E-state index contributed by atoms with van der Waals surface area (Å²) in [5, 5.41) is 6.51. The van der Waals surface area contributed by atoms with Crippen LogP contribution in [0.2, 0.25) is 0 Å². The van der Waals surface area contributed by atoms with Crippen LogP contribution in [0.1, 0.15) is 58.3 Å². The molecule has 1 heterocycles. The molecule has 2 aliphatic rings. The van der Waals surface area contributed by atoms with Gasteiger partial charge >= 0.3 is 0 Å². The van der Waals surface area contributed by atoms with Gasteiger partial charge in [0.2, 0.25) is 5.91 Å². The molecule has 3 heteroatoms. The van der Waals surface area contributed by atoms with Crippen LogP contribution in [0, 0.1) is 17.8 Å². The molecule has 1 aliphatic carbocycles. The summed E-state index contributed by atoms with van der Waals surface area (Å²) < 4.78 is 0. The van der Waals surface area contributed by atoms with Gasteiger partial charge in [-0.3, -0.25) is 4.79 Å². The van der Waals surface area contributed by atoms with Crippen LogP contribution < -0.4 is 10.6 Å². The third kappa shape index (κ3) is 5.13. The van der Waals surface area contributed by atoms with Gasteiger partial charge < -0.3 is 10.6 Å². The highest BCUT2D eigenvalue weighted by molar-refractivity contribution is 5.75. The van der Waals surface area contributed by atoms with Crippen LogP contribution in [0.15, 0.2) is 0 Å². The van der Waals surface area contributed by atoms with Crippen molar-refractivity contribution in [3.8, 4) is 0 Å². The van der Waals surface area contributed by atoms with E-state index < -0.39 is 0 Å². The van der Waals surface area contributed by atoms with Crippen molar-refractivity contribution in [2.24, 2.45) is 17.8 Å². The summed E-state index contributed by atoms with van der Waals surface area (Å²) in [6, 6.07) is 0. The van der Waals surface area contributed by atoms with Crippen molar-refractivity contribution in [2.75, 3.05) is 19.6 Å². The second-order valence-corrected chi connectivity index (χ2v) is 6.50. The minimum atomic E-state index is 0.268. The topological polar surface area (TPSA) is 41.1 Å². The van der Waals surface area contributed by atoms with Gasteiger partial charge in [0, 0.05) is 13.0 Å². The first-order valence-electron chi connectivity index (χ1n) is 8.25. The Morgan fingerprint density at radius 1 is 1.11 bits per heavy atom. The molecule has 1 aliphatic heterocycles. The predicted molar refractivity (Wildman–Crippen MR) is 79.0 cm³/mol. The van der Waals surface area contributed by atoms with Crippen LogP contribution in [0.4, 0.5) is 0 Å². The van der Waals surface area contributed by atoms with Crippen molar-refractivity contribution in [3.63, 3.8) is 0 Å². The van der Waals surface area contributed by atoms with E-state index in [-0.39, 0.29) is 5.91 Å². The van der Waals surface area contributed by atoms with Gasteiger partial charge in [0.1, 0.15) is 0 Å². The van der Waals surface area contributed by atoms with E-state index >= 15 is 0 Å². The first kappa shape index (κ1) is 14.8. The molecular formula is C16H30N2O. The van der Waals surface area contributed by atoms with Gasteiger partial charge in [-0.25, -0.2) is 0 Å². The summed E-state index contributed by atoms with van der Waals surface area (Å²) >= 11 is 0. The zero-order chi connectivity index (χ0) is 13.5. The minimum absolute atomic E-state index is 0.268. The molecule has 0 aromatic carbocycles. The third-order valence-electron chi connectivity index (χ3n) is 5.07. The third-order valence-corrected chi connectivity index (χ3v) is 5.07. The maximum Gasteiger partial charge on any atom is 0.220 e. The Balaban J connectivity index is 1.53. The maximum atomic E-state index is 11.8. The van der Waals surface area contributed by atoms with Crippen molar-refractivity contribution in [3.05, 3.63) is 0 Å². The van der Waals surface area contributed by atoms with Crippen LogP contribution in [-0.2, 0) is 4.79 Å². The average molecular weight is 266 g/mol. The Labute approximate surface area is 117 Å². The number of carbonyl (C=O) groups excluding carboxylic acids is 1. The second kappa shape index (κ2) is 7.88. The Bertz CT molecular complexity index is 266. The minimum Gasteiger partial charge on any atom is -0.356 e. The molecule has 110 valence electrons. The molecule has 1 saturated carbocycles. The highest BCUT2D eigenvalue weighted by Crippen LogP contribution is 2.30. The number of carbonyl (C=O) groups is 1. The van der Waals surface area contributed by atoms with Gasteiger partial charge in [-0.15, -0.1) is 0 Å². The normalized spacial score (nSPS) is 31.3. The summed E-state index contributed by atoms with van der Waals surface area (Å²) in [7, 11) is 0. The van der Waals surface area contributed by atoms with E-state index in [1.54, 1.807) is 0 Å². The Morgan fingerprint density at radius 2 is 1.84 bits per heavy atom. The quantitative estimate of drug-likeness (QED) is 0.776. The fourth-order valence-electron chi connectivity index (χ4n) is 3.49. The van der Waals surface area contributed by atoms with Crippen LogP contribution in [0.5, 0.6) is 0 Å². The second-order valence-electron chi connectivity index (χ2n) is 6.50. The average Bonchev–Trinajstić information content (AvgIpc) is 2.96. The van der Waals surface area contributed by atoms with Crippen molar-refractivity contribution in [2.45, 2.75) is 58.3 Å². The van der Waals surface area contributed by atoms with Crippen LogP contribution in [0.25, 0.3) is 0 Å². The van der Waals surface area contributed by atoms with E-state index in [1.165, 1.54) is 38.5 Å². The molecule has 2 fully saturated rings. The maximum absolute atomic E-state index is 11.8. The van der Waals surface area contributed by atoms with Gasteiger partial charge in [0.25, 0.3) is 0 Å². The lowest BCUT2D eigenvalue weighted by atomic mass is 9.81. The summed E-state index contributed by atoms with van der Waals surface area (Å²) in [5.74, 6) is 2.68. The number of hydrogen-bond donors (Lipinski definition) is 2. The molecule has 1 saturated heterocycles. The molecule has 0 aromatic heterocycles. The first-order valence-corrected chi connectivity index (χ1v) is 8.25. The highest BCUT2D eigenvalue weighted by Gasteiger charge is 2.20. The predicted octanol–water partition coefficient (Wildman–Crippen LogP) is 2.71. The molecule has 0 bridgehead atoms. The Kier molecular flexibility index (Phi) is 6.15. The van der Waals surface area contributed by atoms with E-state index in [4.69, 9.17) is 0 Å². The van der Waals surface area contributed by atoms with Gasteiger partial charge in [-0.2, -0.15) is 0 Å². The van der Waals surface area contributed by atoms with Gasteiger partial charge in [0.05, 0.1) is 0 Å². The molecule has 0 spiro atoms. The van der Waals surface area contributed by atoms with Crippen LogP contribution in [0.3, 0.4) is 0 Å². The zero-order valence-corrected chi connectivity index (χ0v) is 12.4. The van der Waals surface area contributed by atoms with E-state index in [0.717, 1.165) is 50.2 Å². The van der Waals surface area contributed by atoms with E-state index in [0.29, 0.717) is 0 Å². The number of hydrogen-bond acceptors (Lipinski definition) is 2. The monoisotopic (exact) mass is 266 g/mol. The fraction of sp³-hybridized carbons (Fsp3) is 0.938. The van der Waals surface area contributed by atoms with Crippen molar-refractivity contribution >= 4 is 5.91 Å². The Hall–Kier alpha value is -0.570. The van der Waals surface area contributed by atoms with E-state index in [1.807, 2.05) is 0 Å². The summed E-state index contributed by atoms with van der Waals surface area (Å²) in [6.07, 6.45) is 9.70. The number of amides is 1. The number of nitrogens with one attached hydrogen (secondary N) is 2. The van der Waals surface area contributed by atoms with Gasteiger partial charge in [-0.1, -0.05) is 26.2 Å². The van der Waals surface area contributed by atoms with E-state index in [9.17, 15) is 4.79 Å². The summed E-state index contributed by atoms with van der Waals surface area (Å²) in [5.41, 5.74) is 0. The van der Waals surface area contributed by atoms with E-state index in [2.05, 4.69) is 17.6 Å². The summed E-state index contributed by atoms with van der Waals surface area (Å²) in [4.78, 5) is 11.8. The van der Waals surface area contributed by atoms with Gasteiger partial charge in [0.15, 0.2) is 0 Å². The Morgan fingerprint density at radius 3 is 2.47 bits per heavy atom. The van der Waals surface area contributed by atoms with Crippen molar-refractivity contribution < 1.29 is 4.79 Å². The van der Waals surface area contributed by atoms with Crippen LogP contribution >= 0.6 is 0 Å². The molecule has 1 unspecified atom stereocenters. The lowest BCUT2D eigenvalue weighted by molar-refractivity contribution is -0.121.